The SMILES string of the molecule is CS(=O)(=O)C1CCCC(C(NN)C(F)F)C1. The number of rotatable bonds is 4. The van der Waals surface area contributed by atoms with Crippen LogP contribution in [0.4, 0.5) is 8.78 Å². The number of sulfone groups is 1. The Morgan fingerprint density at radius 1 is 1.38 bits per heavy atom. The Bertz CT molecular complexity index is 321. The summed E-state index contributed by atoms with van der Waals surface area (Å²) >= 11 is 0. The summed E-state index contributed by atoms with van der Waals surface area (Å²) in [5, 5.41) is -0.499. The molecular formula is C9H18F2N2O2S. The van der Waals surface area contributed by atoms with Crippen LogP contribution in [0.2, 0.25) is 0 Å². The third-order valence-electron chi connectivity index (χ3n) is 3.24. The second-order valence-corrected chi connectivity index (χ2v) is 6.73. The normalized spacial score (nSPS) is 29.3. The van der Waals surface area contributed by atoms with Gasteiger partial charge >= 0.3 is 0 Å². The van der Waals surface area contributed by atoms with Gasteiger partial charge in [-0.15, -0.1) is 0 Å². The van der Waals surface area contributed by atoms with Crippen LogP contribution < -0.4 is 11.3 Å². The van der Waals surface area contributed by atoms with E-state index in [-0.39, 0.29) is 12.3 Å². The molecule has 1 aliphatic carbocycles. The van der Waals surface area contributed by atoms with E-state index in [0.29, 0.717) is 19.3 Å². The van der Waals surface area contributed by atoms with Gasteiger partial charge in [0.25, 0.3) is 6.43 Å². The van der Waals surface area contributed by atoms with E-state index in [2.05, 4.69) is 5.43 Å². The highest BCUT2D eigenvalue weighted by Crippen LogP contribution is 2.32. The van der Waals surface area contributed by atoms with Crippen molar-refractivity contribution >= 4 is 9.84 Å². The van der Waals surface area contributed by atoms with Crippen LogP contribution in [0.5, 0.6) is 0 Å². The number of hydrogen-bond acceptors (Lipinski definition) is 4. The zero-order chi connectivity index (χ0) is 12.3. The quantitative estimate of drug-likeness (QED) is 0.573. The highest BCUT2D eigenvalue weighted by Gasteiger charge is 2.36. The largest absolute Gasteiger partial charge is 0.271 e. The maximum atomic E-state index is 12.6. The predicted octanol–water partition coefficient (Wildman–Crippen LogP) is 0.687. The third kappa shape index (κ3) is 3.36. The third-order valence-corrected chi connectivity index (χ3v) is 4.88. The first-order valence-corrected chi connectivity index (χ1v) is 7.25. The zero-order valence-corrected chi connectivity index (χ0v) is 10.0. The average molecular weight is 256 g/mol. The molecule has 1 fully saturated rings. The molecule has 96 valence electrons. The average Bonchev–Trinajstić information content (AvgIpc) is 2.17. The second kappa shape index (κ2) is 5.37. The summed E-state index contributed by atoms with van der Waals surface area (Å²) in [7, 11) is -3.14. The number of nitrogens with two attached hydrogens (primary N) is 1. The molecule has 1 saturated carbocycles. The van der Waals surface area contributed by atoms with Gasteiger partial charge in [-0.2, -0.15) is 0 Å². The molecule has 0 saturated heterocycles. The first kappa shape index (κ1) is 13.8. The molecule has 0 spiro atoms. The van der Waals surface area contributed by atoms with Gasteiger partial charge < -0.3 is 0 Å². The van der Waals surface area contributed by atoms with Gasteiger partial charge in [-0.25, -0.2) is 17.2 Å². The van der Waals surface area contributed by atoms with Crippen molar-refractivity contribution in [3.05, 3.63) is 0 Å². The molecule has 0 aromatic heterocycles. The molecule has 0 aromatic carbocycles. The molecule has 0 heterocycles. The van der Waals surface area contributed by atoms with Crippen LogP contribution in [-0.4, -0.2) is 32.4 Å². The molecule has 1 aliphatic rings. The fourth-order valence-electron chi connectivity index (χ4n) is 2.31. The van der Waals surface area contributed by atoms with Crippen LogP contribution >= 0.6 is 0 Å². The smallest absolute Gasteiger partial charge is 0.255 e. The van der Waals surface area contributed by atoms with Gasteiger partial charge in [0.15, 0.2) is 0 Å². The Morgan fingerprint density at radius 2 is 2.00 bits per heavy atom. The number of hydrazine groups is 1. The Balaban J connectivity index is 2.70. The van der Waals surface area contributed by atoms with Crippen molar-refractivity contribution in [2.24, 2.45) is 11.8 Å². The minimum absolute atomic E-state index is 0.276. The van der Waals surface area contributed by atoms with Crippen molar-refractivity contribution in [2.75, 3.05) is 6.26 Å². The maximum Gasteiger partial charge on any atom is 0.255 e. The molecule has 3 N–H and O–H groups in total. The van der Waals surface area contributed by atoms with E-state index in [1.165, 1.54) is 0 Å². The molecule has 0 radical (unpaired) electrons. The van der Waals surface area contributed by atoms with E-state index < -0.39 is 27.6 Å². The van der Waals surface area contributed by atoms with Gasteiger partial charge in [-0.05, 0) is 25.2 Å². The number of nitrogens with one attached hydrogen (secondary N) is 1. The summed E-state index contributed by atoms with van der Waals surface area (Å²) in [6.07, 6.45) is 0.702. The van der Waals surface area contributed by atoms with Gasteiger partial charge in [-0.1, -0.05) is 6.42 Å². The Morgan fingerprint density at radius 3 is 2.44 bits per heavy atom. The molecule has 4 nitrogen and oxygen atoms in total. The first-order valence-electron chi connectivity index (χ1n) is 5.29. The summed E-state index contributed by atoms with van der Waals surface area (Å²) in [5.74, 6) is 4.72. The molecule has 3 unspecified atom stereocenters. The monoisotopic (exact) mass is 256 g/mol. The van der Waals surface area contributed by atoms with Crippen LogP contribution in [0.3, 0.4) is 0 Å². The van der Waals surface area contributed by atoms with Gasteiger partial charge in [0.1, 0.15) is 9.84 Å². The first-order chi connectivity index (χ1) is 7.36. The Hall–Kier alpha value is -0.270. The lowest BCUT2D eigenvalue weighted by molar-refractivity contribution is 0.0583. The fourth-order valence-corrected chi connectivity index (χ4v) is 3.50. The molecule has 0 amide bonds. The summed E-state index contributed by atoms with van der Waals surface area (Å²) in [4.78, 5) is 0. The number of alkyl halides is 2. The number of halogens is 2. The fraction of sp³-hybridized carbons (Fsp3) is 1.00. The van der Waals surface area contributed by atoms with Crippen LogP contribution in [-0.2, 0) is 9.84 Å². The van der Waals surface area contributed by atoms with E-state index in [0.717, 1.165) is 6.26 Å². The van der Waals surface area contributed by atoms with Crippen molar-refractivity contribution in [1.82, 2.24) is 5.43 Å². The number of hydrogen-bond donors (Lipinski definition) is 2. The lowest BCUT2D eigenvalue weighted by Crippen LogP contribution is -2.48. The van der Waals surface area contributed by atoms with Gasteiger partial charge in [0.2, 0.25) is 0 Å². The van der Waals surface area contributed by atoms with E-state index in [4.69, 9.17) is 5.84 Å². The van der Waals surface area contributed by atoms with Crippen molar-refractivity contribution < 1.29 is 17.2 Å². The second-order valence-electron chi connectivity index (χ2n) is 4.41. The summed E-state index contributed by atoms with van der Waals surface area (Å²) in [5.41, 5.74) is 2.10. The van der Waals surface area contributed by atoms with E-state index >= 15 is 0 Å². The molecule has 3 atom stereocenters. The molecule has 0 aliphatic heterocycles. The lowest BCUT2D eigenvalue weighted by Gasteiger charge is -2.32. The van der Waals surface area contributed by atoms with E-state index in [9.17, 15) is 17.2 Å². The topological polar surface area (TPSA) is 72.2 Å². The summed E-state index contributed by atoms with van der Waals surface area (Å²) in [6.45, 7) is 0. The van der Waals surface area contributed by atoms with E-state index in [1.54, 1.807) is 0 Å². The van der Waals surface area contributed by atoms with Crippen molar-refractivity contribution in [3.63, 3.8) is 0 Å². The van der Waals surface area contributed by atoms with Crippen LogP contribution in [0.25, 0.3) is 0 Å². The predicted molar refractivity (Wildman–Crippen MR) is 57.7 cm³/mol. The van der Waals surface area contributed by atoms with Crippen LogP contribution in [0, 0.1) is 5.92 Å². The Labute approximate surface area is 94.5 Å². The van der Waals surface area contributed by atoms with Crippen molar-refractivity contribution in [1.29, 1.82) is 0 Å². The molecule has 1 rings (SSSR count). The standard InChI is InChI=1S/C9H18F2N2O2S/c1-16(14,15)7-4-2-3-6(5-7)8(13-12)9(10)11/h6-9,13H,2-5,12H2,1H3. The van der Waals surface area contributed by atoms with Gasteiger partial charge in [0.05, 0.1) is 11.3 Å². The lowest BCUT2D eigenvalue weighted by atomic mass is 9.84. The molecule has 7 heteroatoms. The van der Waals surface area contributed by atoms with Crippen LogP contribution in [0.1, 0.15) is 25.7 Å². The summed E-state index contributed by atoms with van der Waals surface area (Å²) < 4.78 is 48.0. The minimum Gasteiger partial charge on any atom is -0.271 e. The van der Waals surface area contributed by atoms with Crippen molar-refractivity contribution in [3.8, 4) is 0 Å². The summed E-state index contributed by atoms with van der Waals surface area (Å²) in [6, 6.07) is -1.11. The molecule has 0 aromatic rings. The zero-order valence-electron chi connectivity index (χ0n) is 9.20. The molecular weight excluding hydrogens is 238 g/mol. The van der Waals surface area contributed by atoms with Crippen molar-refractivity contribution in [2.45, 2.75) is 43.4 Å². The van der Waals surface area contributed by atoms with Crippen LogP contribution in [0.15, 0.2) is 0 Å². The van der Waals surface area contributed by atoms with Gasteiger partial charge in [-0.3, -0.25) is 11.3 Å². The highest BCUT2D eigenvalue weighted by molar-refractivity contribution is 7.91. The minimum atomic E-state index is -3.14. The Kier molecular flexibility index (Phi) is 4.63. The highest BCUT2D eigenvalue weighted by atomic mass is 32.2. The van der Waals surface area contributed by atoms with Gasteiger partial charge in [0, 0.05) is 6.26 Å². The molecule has 16 heavy (non-hydrogen) atoms. The van der Waals surface area contributed by atoms with E-state index in [1.807, 2.05) is 0 Å². The molecule has 0 bridgehead atoms. The maximum absolute atomic E-state index is 12.6.